The molecule has 0 heterocycles. The maximum absolute atomic E-state index is 5.23. The van der Waals surface area contributed by atoms with Gasteiger partial charge in [-0.1, -0.05) is 72.3 Å². The SMILES string of the molecule is COc1ccc(CCNCC(NCCc2ccc(C)cc2)c2ccccc2)cc1. The van der Waals surface area contributed by atoms with Crippen LogP contribution in [0.2, 0.25) is 0 Å². The minimum absolute atomic E-state index is 0.303. The largest absolute Gasteiger partial charge is 0.497 e. The zero-order valence-corrected chi connectivity index (χ0v) is 17.5. The monoisotopic (exact) mass is 388 g/mol. The number of methoxy groups -OCH3 is 1. The van der Waals surface area contributed by atoms with E-state index in [1.165, 1.54) is 22.3 Å². The minimum Gasteiger partial charge on any atom is -0.497 e. The molecular weight excluding hydrogens is 356 g/mol. The van der Waals surface area contributed by atoms with Crippen LogP contribution in [0.4, 0.5) is 0 Å². The molecule has 3 heteroatoms. The number of benzene rings is 3. The summed E-state index contributed by atoms with van der Waals surface area (Å²) in [6, 6.07) is 28.1. The molecular formula is C26H32N2O. The Morgan fingerprint density at radius 2 is 1.38 bits per heavy atom. The van der Waals surface area contributed by atoms with Crippen molar-refractivity contribution in [3.05, 3.63) is 101 Å². The molecule has 0 aromatic heterocycles. The van der Waals surface area contributed by atoms with E-state index < -0.39 is 0 Å². The summed E-state index contributed by atoms with van der Waals surface area (Å²) in [5, 5.41) is 7.36. The normalized spacial score (nSPS) is 11.9. The molecule has 3 aromatic carbocycles. The number of aryl methyl sites for hydroxylation is 1. The van der Waals surface area contributed by atoms with Gasteiger partial charge >= 0.3 is 0 Å². The number of nitrogens with one attached hydrogen (secondary N) is 2. The molecule has 0 fully saturated rings. The van der Waals surface area contributed by atoms with E-state index in [1.54, 1.807) is 7.11 Å². The summed E-state index contributed by atoms with van der Waals surface area (Å²) in [5.41, 5.74) is 5.34. The van der Waals surface area contributed by atoms with Crippen LogP contribution in [0.25, 0.3) is 0 Å². The van der Waals surface area contributed by atoms with E-state index in [-0.39, 0.29) is 0 Å². The lowest BCUT2D eigenvalue weighted by Crippen LogP contribution is -2.33. The standard InChI is InChI=1S/C26H32N2O/c1-21-8-10-22(11-9-21)17-19-28-26(24-6-4-3-5-7-24)20-27-18-16-23-12-14-25(29-2)15-13-23/h3-15,26-28H,16-20H2,1-2H3. The smallest absolute Gasteiger partial charge is 0.118 e. The lowest BCUT2D eigenvalue weighted by molar-refractivity contribution is 0.414. The first-order valence-corrected chi connectivity index (χ1v) is 10.4. The Balaban J connectivity index is 1.48. The van der Waals surface area contributed by atoms with Crippen LogP contribution in [0.1, 0.15) is 28.3 Å². The summed E-state index contributed by atoms with van der Waals surface area (Å²) in [5.74, 6) is 0.906. The fourth-order valence-electron chi connectivity index (χ4n) is 3.41. The zero-order valence-electron chi connectivity index (χ0n) is 17.5. The van der Waals surface area contributed by atoms with Gasteiger partial charge in [-0.15, -0.1) is 0 Å². The Kier molecular flexibility index (Phi) is 8.29. The molecule has 0 saturated carbocycles. The van der Waals surface area contributed by atoms with Gasteiger partial charge in [0.25, 0.3) is 0 Å². The van der Waals surface area contributed by atoms with E-state index in [1.807, 2.05) is 12.1 Å². The highest BCUT2D eigenvalue weighted by Gasteiger charge is 2.10. The highest BCUT2D eigenvalue weighted by molar-refractivity contribution is 5.27. The Morgan fingerprint density at radius 1 is 0.759 bits per heavy atom. The first-order valence-electron chi connectivity index (χ1n) is 10.4. The molecule has 0 aliphatic rings. The summed E-state index contributed by atoms with van der Waals surface area (Å²) < 4.78 is 5.23. The van der Waals surface area contributed by atoms with Crippen molar-refractivity contribution < 1.29 is 4.74 Å². The molecule has 3 aromatic rings. The molecule has 0 bridgehead atoms. The van der Waals surface area contributed by atoms with E-state index in [0.29, 0.717) is 6.04 Å². The molecule has 1 atom stereocenters. The topological polar surface area (TPSA) is 33.3 Å². The Labute approximate surface area is 175 Å². The maximum atomic E-state index is 5.23. The van der Waals surface area contributed by atoms with Crippen LogP contribution in [-0.2, 0) is 12.8 Å². The third-order valence-electron chi connectivity index (χ3n) is 5.22. The number of hydrogen-bond acceptors (Lipinski definition) is 3. The van der Waals surface area contributed by atoms with Crippen LogP contribution in [0.15, 0.2) is 78.9 Å². The van der Waals surface area contributed by atoms with E-state index in [4.69, 9.17) is 4.74 Å². The summed E-state index contributed by atoms with van der Waals surface area (Å²) in [6.45, 7) is 4.96. The van der Waals surface area contributed by atoms with Crippen molar-refractivity contribution in [3.63, 3.8) is 0 Å². The molecule has 0 aliphatic heterocycles. The van der Waals surface area contributed by atoms with Gasteiger partial charge < -0.3 is 15.4 Å². The van der Waals surface area contributed by atoms with E-state index in [2.05, 4.69) is 84.3 Å². The highest BCUT2D eigenvalue weighted by atomic mass is 16.5. The highest BCUT2D eigenvalue weighted by Crippen LogP contribution is 2.13. The molecule has 2 N–H and O–H groups in total. The molecule has 3 rings (SSSR count). The lowest BCUT2D eigenvalue weighted by atomic mass is 10.1. The maximum Gasteiger partial charge on any atom is 0.118 e. The van der Waals surface area contributed by atoms with Crippen LogP contribution in [0.3, 0.4) is 0 Å². The van der Waals surface area contributed by atoms with E-state index in [0.717, 1.165) is 38.2 Å². The summed E-state index contributed by atoms with van der Waals surface area (Å²) >= 11 is 0. The first kappa shape index (κ1) is 21.1. The number of hydrogen-bond donors (Lipinski definition) is 2. The first-order chi connectivity index (χ1) is 14.2. The summed E-state index contributed by atoms with van der Waals surface area (Å²) in [6.07, 6.45) is 2.05. The van der Waals surface area contributed by atoms with Gasteiger partial charge in [0.1, 0.15) is 5.75 Å². The van der Waals surface area contributed by atoms with Crippen molar-refractivity contribution in [1.29, 1.82) is 0 Å². The Hall–Kier alpha value is -2.62. The van der Waals surface area contributed by atoms with E-state index in [9.17, 15) is 0 Å². The van der Waals surface area contributed by atoms with Crippen molar-refractivity contribution in [3.8, 4) is 5.75 Å². The Bertz CT molecular complexity index is 829. The average molecular weight is 389 g/mol. The summed E-state index contributed by atoms with van der Waals surface area (Å²) in [4.78, 5) is 0. The molecule has 152 valence electrons. The van der Waals surface area contributed by atoms with Gasteiger partial charge in [-0.05, 0) is 61.7 Å². The van der Waals surface area contributed by atoms with Gasteiger partial charge in [0.05, 0.1) is 7.11 Å². The predicted octanol–water partition coefficient (Wildman–Crippen LogP) is 4.71. The van der Waals surface area contributed by atoms with Crippen LogP contribution in [-0.4, -0.2) is 26.7 Å². The van der Waals surface area contributed by atoms with Crippen LogP contribution >= 0.6 is 0 Å². The molecule has 0 spiro atoms. The fraction of sp³-hybridized carbons (Fsp3) is 0.308. The number of ether oxygens (including phenoxy) is 1. The molecule has 1 unspecified atom stereocenters. The van der Waals surface area contributed by atoms with Crippen molar-refractivity contribution >= 4 is 0 Å². The second-order valence-corrected chi connectivity index (χ2v) is 7.46. The van der Waals surface area contributed by atoms with Crippen LogP contribution < -0.4 is 15.4 Å². The van der Waals surface area contributed by atoms with Gasteiger partial charge in [-0.25, -0.2) is 0 Å². The fourth-order valence-corrected chi connectivity index (χ4v) is 3.41. The van der Waals surface area contributed by atoms with Gasteiger partial charge in [-0.3, -0.25) is 0 Å². The van der Waals surface area contributed by atoms with Crippen molar-refractivity contribution in [2.75, 3.05) is 26.7 Å². The molecule has 29 heavy (non-hydrogen) atoms. The average Bonchev–Trinajstić information content (AvgIpc) is 2.77. The lowest BCUT2D eigenvalue weighted by Gasteiger charge is -2.20. The van der Waals surface area contributed by atoms with Crippen molar-refractivity contribution in [1.82, 2.24) is 10.6 Å². The molecule has 0 radical (unpaired) electrons. The Morgan fingerprint density at radius 3 is 2.03 bits per heavy atom. The zero-order chi connectivity index (χ0) is 20.3. The van der Waals surface area contributed by atoms with Crippen molar-refractivity contribution in [2.24, 2.45) is 0 Å². The van der Waals surface area contributed by atoms with Gasteiger partial charge in [0.2, 0.25) is 0 Å². The second kappa shape index (κ2) is 11.4. The quantitative estimate of drug-likeness (QED) is 0.467. The molecule has 0 aliphatic carbocycles. The van der Waals surface area contributed by atoms with E-state index >= 15 is 0 Å². The molecule has 0 saturated heterocycles. The van der Waals surface area contributed by atoms with Gasteiger partial charge in [0, 0.05) is 12.6 Å². The third kappa shape index (κ3) is 7.04. The van der Waals surface area contributed by atoms with Crippen molar-refractivity contribution in [2.45, 2.75) is 25.8 Å². The third-order valence-corrected chi connectivity index (χ3v) is 5.22. The molecule has 0 amide bonds. The van der Waals surface area contributed by atoms with Crippen LogP contribution in [0.5, 0.6) is 5.75 Å². The van der Waals surface area contributed by atoms with Crippen LogP contribution in [0, 0.1) is 6.92 Å². The predicted molar refractivity (Wildman–Crippen MR) is 122 cm³/mol. The number of rotatable bonds is 11. The van der Waals surface area contributed by atoms with Gasteiger partial charge in [0.15, 0.2) is 0 Å². The second-order valence-electron chi connectivity index (χ2n) is 7.46. The summed E-state index contributed by atoms with van der Waals surface area (Å²) in [7, 11) is 1.70. The molecule has 3 nitrogen and oxygen atoms in total. The van der Waals surface area contributed by atoms with Gasteiger partial charge in [-0.2, -0.15) is 0 Å². The minimum atomic E-state index is 0.303.